The molecule has 3 rings (SSSR count). The van der Waals surface area contributed by atoms with E-state index in [4.69, 9.17) is 18.9 Å². The molecule has 34 heavy (non-hydrogen) atoms. The van der Waals surface area contributed by atoms with Crippen LogP contribution >= 0.6 is 0 Å². The number of imide groups is 1. The van der Waals surface area contributed by atoms with Crippen LogP contribution in [0.25, 0.3) is 0 Å². The molecule has 2 aromatic carbocycles. The zero-order chi connectivity index (χ0) is 24.7. The van der Waals surface area contributed by atoms with Crippen LogP contribution < -0.4 is 29.6 Å². The van der Waals surface area contributed by atoms with E-state index in [0.717, 1.165) is 25.1 Å². The fraction of sp³-hybridized carbons (Fsp3) is 0.440. The van der Waals surface area contributed by atoms with Crippen molar-refractivity contribution in [3.8, 4) is 23.0 Å². The molecule has 3 amide bonds. The molecule has 1 heterocycles. The summed E-state index contributed by atoms with van der Waals surface area (Å²) in [7, 11) is 8.37. The number of ether oxygens (including phenoxy) is 4. The molecule has 1 saturated heterocycles. The standard InChI is InChI=1S/C25H33N3O6/c1-28(14-11-17-7-9-19(31-2)21(15-17)33-4)13-6-12-25(23(29)26-24(30)27-25)18-8-10-20(32-3)22(16-18)34-5/h7-10,15-16H,6,11-14H2,1-5H3,(H2,26,27,29,30). The molecule has 1 fully saturated rings. The lowest BCUT2D eigenvalue weighted by Crippen LogP contribution is -2.44. The third-order valence-electron chi connectivity index (χ3n) is 6.14. The molecule has 0 spiro atoms. The van der Waals surface area contributed by atoms with Crippen molar-refractivity contribution >= 4 is 11.9 Å². The van der Waals surface area contributed by atoms with E-state index in [1.165, 1.54) is 7.11 Å². The number of likely N-dealkylation sites (N-methyl/N-ethyl adjacent to an activating group) is 1. The van der Waals surface area contributed by atoms with E-state index in [-0.39, 0.29) is 5.91 Å². The summed E-state index contributed by atoms with van der Waals surface area (Å²) >= 11 is 0. The van der Waals surface area contributed by atoms with Gasteiger partial charge in [0.1, 0.15) is 5.54 Å². The molecular formula is C25H33N3O6. The van der Waals surface area contributed by atoms with Crippen LogP contribution in [0.5, 0.6) is 23.0 Å². The number of hydrogen-bond acceptors (Lipinski definition) is 7. The largest absolute Gasteiger partial charge is 0.493 e. The van der Waals surface area contributed by atoms with Crippen LogP contribution in [0.15, 0.2) is 36.4 Å². The van der Waals surface area contributed by atoms with Crippen LogP contribution in [0, 0.1) is 0 Å². The quantitative estimate of drug-likeness (QED) is 0.459. The Labute approximate surface area is 200 Å². The summed E-state index contributed by atoms with van der Waals surface area (Å²) in [4.78, 5) is 27.1. The van der Waals surface area contributed by atoms with Gasteiger partial charge < -0.3 is 29.2 Å². The molecule has 1 atom stereocenters. The zero-order valence-electron chi connectivity index (χ0n) is 20.4. The minimum Gasteiger partial charge on any atom is -0.493 e. The van der Waals surface area contributed by atoms with Crippen LogP contribution in [0.2, 0.25) is 0 Å². The zero-order valence-corrected chi connectivity index (χ0v) is 20.4. The van der Waals surface area contributed by atoms with Crippen molar-refractivity contribution in [2.45, 2.75) is 24.8 Å². The Kier molecular flexibility index (Phi) is 8.22. The SMILES string of the molecule is COc1ccc(CCN(C)CCCC2(c3ccc(OC)c(OC)c3)NC(=O)NC2=O)cc1OC. The topological polar surface area (TPSA) is 98.4 Å². The predicted octanol–water partition coefficient (Wildman–Crippen LogP) is 2.71. The molecule has 0 bridgehead atoms. The second-order valence-corrected chi connectivity index (χ2v) is 8.23. The molecule has 2 aromatic rings. The lowest BCUT2D eigenvalue weighted by atomic mass is 9.85. The van der Waals surface area contributed by atoms with Crippen molar-refractivity contribution in [1.82, 2.24) is 15.5 Å². The Bertz CT molecular complexity index is 1030. The van der Waals surface area contributed by atoms with E-state index in [1.54, 1.807) is 39.5 Å². The van der Waals surface area contributed by atoms with Gasteiger partial charge in [-0.3, -0.25) is 10.1 Å². The molecule has 1 aliphatic heterocycles. The Balaban J connectivity index is 1.64. The number of benzene rings is 2. The maximum absolute atomic E-state index is 12.9. The molecule has 0 radical (unpaired) electrons. The Morgan fingerprint density at radius 1 is 0.824 bits per heavy atom. The summed E-state index contributed by atoms with van der Waals surface area (Å²) in [5.41, 5.74) is 0.649. The molecule has 1 unspecified atom stereocenters. The van der Waals surface area contributed by atoms with E-state index in [2.05, 4.69) is 15.5 Å². The van der Waals surface area contributed by atoms with Crippen molar-refractivity contribution in [1.29, 1.82) is 0 Å². The van der Waals surface area contributed by atoms with Crippen molar-refractivity contribution < 1.29 is 28.5 Å². The van der Waals surface area contributed by atoms with Crippen molar-refractivity contribution in [3.63, 3.8) is 0 Å². The fourth-order valence-corrected chi connectivity index (χ4v) is 4.20. The van der Waals surface area contributed by atoms with Gasteiger partial charge in [0.15, 0.2) is 23.0 Å². The smallest absolute Gasteiger partial charge is 0.322 e. The first kappa shape index (κ1) is 25.2. The lowest BCUT2D eigenvalue weighted by Gasteiger charge is -2.28. The van der Waals surface area contributed by atoms with E-state index < -0.39 is 11.6 Å². The third-order valence-corrected chi connectivity index (χ3v) is 6.14. The highest BCUT2D eigenvalue weighted by Gasteiger charge is 2.47. The highest BCUT2D eigenvalue weighted by Crippen LogP contribution is 2.36. The van der Waals surface area contributed by atoms with Gasteiger partial charge in [0, 0.05) is 6.54 Å². The summed E-state index contributed by atoms with van der Waals surface area (Å²) in [6, 6.07) is 10.7. The van der Waals surface area contributed by atoms with Crippen LogP contribution in [0.1, 0.15) is 24.0 Å². The van der Waals surface area contributed by atoms with Crippen LogP contribution in [0.4, 0.5) is 4.79 Å². The predicted molar refractivity (Wildman–Crippen MR) is 128 cm³/mol. The molecule has 1 aliphatic rings. The van der Waals surface area contributed by atoms with Gasteiger partial charge in [0.25, 0.3) is 5.91 Å². The number of nitrogens with zero attached hydrogens (tertiary/aromatic N) is 1. The summed E-state index contributed by atoms with van der Waals surface area (Å²) in [5, 5.41) is 5.22. The summed E-state index contributed by atoms with van der Waals surface area (Å²) in [5.74, 6) is 2.11. The van der Waals surface area contributed by atoms with E-state index >= 15 is 0 Å². The van der Waals surface area contributed by atoms with Crippen molar-refractivity contribution in [3.05, 3.63) is 47.5 Å². The lowest BCUT2D eigenvalue weighted by molar-refractivity contribution is -0.124. The second-order valence-electron chi connectivity index (χ2n) is 8.23. The minimum absolute atomic E-state index is 0.363. The minimum atomic E-state index is -1.15. The number of nitrogens with one attached hydrogen (secondary N) is 2. The van der Waals surface area contributed by atoms with Crippen LogP contribution in [-0.4, -0.2) is 65.4 Å². The highest BCUT2D eigenvalue weighted by atomic mass is 16.5. The van der Waals surface area contributed by atoms with Gasteiger partial charge in [-0.2, -0.15) is 0 Å². The van der Waals surface area contributed by atoms with Crippen LogP contribution in [0.3, 0.4) is 0 Å². The fourth-order valence-electron chi connectivity index (χ4n) is 4.20. The maximum atomic E-state index is 12.9. The average Bonchev–Trinajstić information content (AvgIpc) is 3.15. The monoisotopic (exact) mass is 471 g/mol. The summed E-state index contributed by atoms with van der Waals surface area (Å²) in [6.45, 7) is 1.59. The number of carbonyl (C=O) groups excluding carboxylic acids is 2. The molecule has 2 N–H and O–H groups in total. The molecule has 0 aromatic heterocycles. The summed E-state index contributed by atoms with van der Waals surface area (Å²) in [6.07, 6.45) is 1.99. The van der Waals surface area contributed by atoms with E-state index in [9.17, 15) is 9.59 Å². The number of rotatable bonds is 12. The number of amides is 3. The van der Waals surface area contributed by atoms with E-state index in [1.807, 2.05) is 25.2 Å². The molecule has 0 saturated carbocycles. The second kappa shape index (κ2) is 11.1. The van der Waals surface area contributed by atoms with Gasteiger partial charge in [-0.05, 0) is 68.2 Å². The Hall–Kier alpha value is -3.46. The highest BCUT2D eigenvalue weighted by molar-refractivity contribution is 6.07. The average molecular weight is 472 g/mol. The van der Waals surface area contributed by atoms with Crippen LogP contribution in [-0.2, 0) is 16.8 Å². The number of carbonyl (C=O) groups is 2. The summed E-state index contributed by atoms with van der Waals surface area (Å²) < 4.78 is 21.4. The van der Waals surface area contributed by atoms with Gasteiger partial charge >= 0.3 is 6.03 Å². The Morgan fingerprint density at radius 2 is 1.44 bits per heavy atom. The normalized spacial score (nSPS) is 17.4. The number of urea groups is 1. The molecule has 9 nitrogen and oxygen atoms in total. The van der Waals surface area contributed by atoms with Gasteiger partial charge in [-0.15, -0.1) is 0 Å². The molecule has 0 aliphatic carbocycles. The molecule has 184 valence electrons. The van der Waals surface area contributed by atoms with Crippen molar-refractivity contribution in [2.24, 2.45) is 0 Å². The first-order valence-electron chi connectivity index (χ1n) is 11.1. The van der Waals surface area contributed by atoms with E-state index in [0.29, 0.717) is 41.4 Å². The first-order valence-corrected chi connectivity index (χ1v) is 11.1. The van der Waals surface area contributed by atoms with Gasteiger partial charge in [0.05, 0.1) is 28.4 Å². The molecule has 9 heteroatoms. The Morgan fingerprint density at radius 3 is 2.03 bits per heavy atom. The number of methoxy groups -OCH3 is 4. The van der Waals surface area contributed by atoms with Gasteiger partial charge in [0.2, 0.25) is 0 Å². The third kappa shape index (κ3) is 5.36. The molecular weight excluding hydrogens is 438 g/mol. The van der Waals surface area contributed by atoms with Gasteiger partial charge in [-0.1, -0.05) is 12.1 Å². The van der Waals surface area contributed by atoms with Crippen molar-refractivity contribution in [2.75, 3.05) is 48.6 Å². The van der Waals surface area contributed by atoms with Gasteiger partial charge in [-0.25, -0.2) is 4.79 Å². The number of hydrogen-bond donors (Lipinski definition) is 2. The first-order chi connectivity index (χ1) is 16.4. The maximum Gasteiger partial charge on any atom is 0.322 e.